The van der Waals surface area contributed by atoms with Gasteiger partial charge in [-0.1, -0.05) is 73.9 Å². The largest absolute Gasteiger partial charge is 0.461 e. The van der Waals surface area contributed by atoms with E-state index in [2.05, 4.69) is 43.8 Å². The molecule has 6 rings (SSSR count). The van der Waals surface area contributed by atoms with E-state index in [4.69, 9.17) is 4.74 Å². The predicted octanol–water partition coefficient (Wildman–Crippen LogP) is 5.95. The van der Waals surface area contributed by atoms with Crippen molar-refractivity contribution in [3.63, 3.8) is 0 Å². The number of allylic oxidation sites excluding steroid dienone is 4. The van der Waals surface area contributed by atoms with E-state index in [0.29, 0.717) is 24.6 Å². The fourth-order valence-electron chi connectivity index (χ4n) is 6.76. The topological polar surface area (TPSA) is 85.4 Å². The van der Waals surface area contributed by atoms with Crippen molar-refractivity contribution in [1.29, 1.82) is 0 Å². The van der Waals surface area contributed by atoms with Crippen LogP contribution in [0, 0.1) is 11.8 Å². The van der Waals surface area contributed by atoms with Gasteiger partial charge >= 0.3 is 6.03 Å². The van der Waals surface area contributed by atoms with Gasteiger partial charge in [-0.15, -0.1) is 6.58 Å². The Kier molecular flexibility index (Phi) is 9.57. The van der Waals surface area contributed by atoms with E-state index in [1.54, 1.807) is 16.0 Å². The van der Waals surface area contributed by atoms with E-state index in [-0.39, 0.29) is 37.4 Å². The van der Waals surface area contributed by atoms with Gasteiger partial charge in [-0.25, -0.2) is 9.80 Å². The summed E-state index contributed by atoms with van der Waals surface area (Å²) in [7, 11) is 0. The number of benzene rings is 2. The highest BCUT2D eigenvalue weighted by Crippen LogP contribution is 2.61. The van der Waals surface area contributed by atoms with Crippen molar-refractivity contribution >= 4 is 17.8 Å². The lowest BCUT2D eigenvalue weighted by atomic mass is 9.85. The molecule has 3 fully saturated rings. The van der Waals surface area contributed by atoms with E-state index in [1.807, 2.05) is 54.3 Å². The second-order valence-electron chi connectivity index (χ2n) is 13.1. The number of ether oxygens (including phenoxy) is 1. The molecule has 4 atom stereocenters. The molecule has 2 heterocycles. The lowest BCUT2D eigenvalue weighted by Gasteiger charge is -2.56. The Morgan fingerprint density at radius 1 is 1.04 bits per heavy atom. The van der Waals surface area contributed by atoms with Crippen molar-refractivity contribution in [3.8, 4) is 5.75 Å². The third kappa shape index (κ3) is 6.81. The van der Waals surface area contributed by atoms with Gasteiger partial charge < -0.3 is 19.9 Å². The number of hydrazine groups is 1. The van der Waals surface area contributed by atoms with Gasteiger partial charge in [0.1, 0.15) is 30.3 Å². The summed E-state index contributed by atoms with van der Waals surface area (Å²) in [6.07, 6.45) is 6.74. The molecule has 2 aromatic carbocycles. The van der Waals surface area contributed by atoms with E-state index in [1.165, 1.54) is 22.2 Å². The van der Waals surface area contributed by atoms with Crippen LogP contribution in [0.15, 0.2) is 116 Å². The molecule has 2 aromatic rings. The lowest BCUT2D eigenvalue weighted by molar-refractivity contribution is -0.188. The highest BCUT2D eigenvalue weighted by molar-refractivity contribution is 5.92. The van der Waals surface area contributed by atoms with Crippen LogP contribution in [0.5, 0.6) is 5.75 Å². The summed E-state index contributed by atoms with van der Waals surface area (Å²) in [5, 5.41) is 6.15. The van der Waals surface area contributed by atoms with Crippen molar-refractivity contribution in [1.82, 2.24) is 25.1 Å². The average molecular weight is 648 g/mol. The summed E-state index contributed by atoms with van der Waals surface area (Å²) >= 11 is 0. The summed E-state index contributed by atoms with van der Waals surface area (Å²) in [6, 6.07) is 16.7. The molecule has 2 unspecified atom stereocenters. The summed E-state index contributed by atoms with van der Waals surface area (Å²) in [5.74, 6) is 1.71. The van der Waals surface area contributed by atoms with Crippen LogP contribution in [0.4, 0.5) is 4.79 Å². The van der Waals surface area contributed by atoms with E-state index in [0.717, 1.165) is 48.3 Å². The third-order valence-corrected chi connectivity index (χ3v) is 9.71. The standard InChI is InChI=1S/C39H45N5O4/c1-6-13-31(26(3)4)36-38(46)41(21-12-11-16-28-14-9-8-10-15-28)24-34-43(36)35(45)25-42(27(5)7-2)44(34)39(47)40-23-29-17-19-30(20-18-29)48-37-32-22-33(32)37/h6-10,14-15,17-20,31-32,34,36H,1-3,5,11-13,16,21-25H2,4H3,(H,40,47)/t31?,32?,34-,36-/m0/s1. The first-order valence-electron chi connectivity index (χ1n) is 16.8. The van der Waals surface area contributed by atoms with Crippen LogP contribution in [-0.4, -0.2) is 69.5 Å². The Morgan fingerprint density at radius 2 is 1.77 bits per heavy atom. The van der Waals surface area contributed by atoms with Gasteiger partial charge in [-0.3, -0.25) is 14.6 Å². The smallest absolute Gasteiger partial charge is 0.338 e. The molecule has 0 bridgehead atoms. The maximum absolute atomic E-state index is 14.3. The minimum atomic E-state index is -0.823. The number of unbranched alkanes of at least 4 members (excludes halogenated alkanes) is 1. The maximum Gasteiger partial charge on any atom is 0.338 e. The van der Waals surface area contributed by atoms with Crippen LogP contribution >= 0.6 is 0 Å². The SMILES string of the molecule is C=CCC(C(=C)C)[C@H]1C(=O)N(CCCCc2ccccc2)C[C@H]2N1C(=O)CN(C(=C)C=C)N2C(=O)NCc1ccc(OC2=C3CC32)cc1. The third-order valence-electron chi connectivity index (χ3n) is 9.71. The normalized spacial score (nSPS) is 21.6. The summed E-state index contributed by atoms with van der Waals surface area (Å²) < 4.78 is 5.90. The number of nitrogens with zero attached hydrogens (tertiary/aromatic N) is 4. The van der Waals surface area contributed by atoms with Crippen LogP contribution in [0.2, 0.25) is 0 Å². The van der Waals surface area contributed by atoms with Crippen molar-refractivity contribution < 1.29 is 19.1 Å². The molecular formula is C39H45N5O4. The fourth-order valence-corrected chi connectivity index (χ4v) is 6.76. The number of fused-ring (bicyclic) bond motifs is 2. The lowest BCUT2D eigenvalue weighted by Crippen LogP contribution is -2.77. The molecule has 9 heteroatoms. The molecule has 4 aliphatic rings. The van der Waals surface area contributed by atoms with Crippen LogP contribution in [0.25, 0.3) is 0 Å². The highest BCUT2D eigenvalue weighted by atomic mass is 16.5. The molecule has 48 heavy (non-hydrogen) atoms. The molecule has 0 radical (unpaired) electrons. The molecule has 1 N–H and O–H groups in total. The zero-order valence-electron chi connectivity index (χ0n) is 27.8. The second kappa shape index (κ2) is 14.0. The van der Waals surface area contributed by atoms with Gasteiger partial charge in [0.2, 0.25) is 11.8 Å². The molecule has 9 nitrogen and oxygen atoms in total. The number of aryl methyl sites for hydroxylation is 1. The molecule has 2 saturated heterocycles. The van der Waals surface area contributed by atoms with Gasteiger partial charge in [-0.05, 0) is 73.9 Å². The van der Waals surface area contributed by atoms with Gasteiger partial charge in [0.15, 0.2) is 0 Å². The molecule has 0 aromatic heterocycles. The summed E-state index contributed by atoms with van der Waals surface area (Å²) in [5.41, 5.74) is 4.76. The quantitative estimate of drug-likeness (QED) is 0.147. The number of carbonyl (C=O) groups is 3. The first kappa shape index (κ1) is 32.9. The number of rotatable bonds is 15. The average Bonchev–Trinajstić information content (AvgIpc) is 4.02. The summed E-state index contributed by atoms with van der Waals surface area (Å²) in [4.78, 5) is 45.8. The van der Waals surface area contributed by atoms with Crippen molar-refractivity contribution in [3.05, 3.63) is 127 Å². The number of piperazine rings is 1. The molecule has 2 aliphatic heterocycles. The number of nitrogens with one attached hydrogen (secondary N) is 1. The number of urea groups is 1. The van der Waals surface area contributed by atoms with Gasteiger partial charge in [0, 0.05) is 24.9 Å². The minimum Gasteiger partial charge on any atom is -0.461 e. The maximum atomic E-state index is 14.3. The Bertz CT molecular complexity index is 1650. The summed E-state index contributed by atoms with van der Waals surface area (Å²) in [6.45, 7) is 18.7. The number of hydrogen-bond donors (Lipinski definition) is 1. The van der Waals surface area contributed by atoms with Crippen LogP contribution in [0.3, 0.4) is 0 Å². The number of hydrogen-bond acceptors (Lipinski definition) is 5. The predicted molar refractivity (Wildman–Crippen MR) is 186 cm³/mol. The number of carbonyl (C=O) groups excluding carboxylic acids is 3. The van der Waals surface area contributed by atoms with Crippen molar-refractivity contribution in [2.24, 2.45) is 11.8 Å². The van der Waals surface area contributed by atoms with Crippen LogP contribution in [-0.2, 0) is 22.6 Å². The number of amides is 4. The first-order valence-corrected chi connectivity index (χ1v) is 16.8. The second-order valence-corrected chi connectivity index (χ2v) is 13.1. The van der Waals surface area contributed by atoms with Gasteiger partial charge in [0.25, 0.3) is 0 Å². The molecule has 1 saturated carbocycles. The molecule has 4 amide bonds. The monoisotopic (exact) mass is 647 g/mol. The molecular weight excluding hydrogens is 602 g/mol. The van der Waals surface area contributed by atoms with E-state index in [9.17, 15) is 14.4 Å². The zero-order chi connectivity index (χ0) is 33.9. The Hall–Kier alpha value is -5.05. The Morgan fingerprint density at radius 3 is 2.40 bits per heavy atom. The van der Waals surface area contributed by atoms with Crippen molar-refractivity contribution in [2.75, 3.05) is 19.6 Å². The van der Waals surface area contributed by atoms with Crippen LogP contribution < -0.4 is 10.1 Å². The van der Waals surface area contributed by atoms with E-state index < -0.39 is 18.2 Å². The van der Waals surface area contributed by atoms with Crippen LogP contribution in [0.1, 0.15) is 43.7 Å². The minimum absolute atomic E-state index is 0.132. The molecule has 0 spiro atoms. The first-order chi connectivity index (χ1) is 23.2. The molecule has 2 aliphatic carbocycles. The van der Waals surface area contributed by atoms with Gasteiger partial charge in [-0.2, -0.15) is 0 Å². The van der Waals surface area contributed by atoms with Gasteiger partial charge in [0.05, 0.1) is 12.2 Å². The van der Waals surface area contributed by atoms with E-state index >= 15 is 0 Å². The van der Waals surface area contributed by atoms with Crippen molar-refractivity contribution in [2.45, 2.75) is 57.8 Å². The fraction of sp³-hybridized carbons (Fsp3) is 0.359. The highest BCUT2D eigenvalue weighted by Gasteiger charge is 2.54. The molecule has 250 valence electrons. The Labute approximate surface area is 283 Å². The zero-order valence-corrected chi connectivity index (χ0v) is 27.8. The Balaban J connectivity index is 1.23.